The van der Waals surface area contributed by atoms with Crippen LogP contribution in [0.5, 0.6) is 11.5 Å². The van der Waals surface area contributed by atoms with Gasteiger partial charge < -0.3 is 14.2 Å². The zero-order valence-electron chi connectivity index (χ0n) is 16.8. The van der Waals surface area contributed by atoms with Crippen LogP contribution in [0, 0.1) is 0 Å². The average Bonchev–Trinajstić information content (AvgIpc) is 3.31. The van der Waals surface area contributed by atoms with Gasteiger partial charge in [-0.1, -0.05) is 48.5 Å². The van der Waals surface area contributed by atoms with E-state index in [2.05, 4.69) is 15.5 Å². The summed E-state index contributed by atoms with van der Waals surface area (Å²) < 4.78 is 18.1. The molecule has 0 aliphatic heterocycles. The molecule has 4 aromatic rings. The van der Waals surface area contributed by atoms with Gasteiger partial charge in [-0.2, -0.15) is 4.68 Å². The summed E-state index contributed by atoms with van der Waals surface area (Å²) in [5.74, 6) is 0.875. The van der Waals surface area contributed by atoms with Crippen LogP contribution in [0.2, 0.25) is 0 Å². The zero-order chi connectivity index (χ0) is 21.5. The number of rotatable bonds is 8. The molecule has 0 radical (unpaired) electrons. The molecule has 0 bridgehead atoms. The Morgan fingerprint density at radius 3 is 2.39 bits per heavy atom. The van der Waals surface area contributed by atoms with Gasteiger partial charge in [-0.3, -0.25) is 0 Å². The van der Waals surface area contributed by atoms with Gasteiger partial charge in [0, 0.05) is 0 Å². The number of hydrogen-bond acceptors (Lipinski definition) is 7. The molecule has 0 atom stereocenters. The van der Waals surface area contributed by atoms with Crippen LogP contribution in [0.4, 0.5) is 0 Å². The van der Waals surface area contributed by atoms with Gasteiger partial charge in [0.2, 0.25) is 0 Å². The highest BCUT2D eigenvalue weighted by Crippen LogP contribution is 2.29. The molecule has 4 rings (SSSR count). The van der Waals surface area contributed by atoms with Gasteiger partial charge in [0.15, 0.2) is 23.9 Å². The van der Waals surface area contributed by atoms with Gasteiger partial charge in [0.05, 0.1) is 18.4 Å². The summed E-state index contributed by atoms with van der Waals surface area (Å²) in [5, 5.41) is 11.6. The normalized spacial score (nSPS) is 10.5. The number of carbonyl (C=O) groups excluding carboxylic acids is 1. The fourth-order valence-electron chi connectivity index (χ4n) is 2.93. The Morgan fingerprint density at radius 2 is 1.65 bits per heavy atom. The SMILES string of the molecule is COc1cc(C(=O)OCc2nnnn2-c2ccccc2)ccc1OCc1ccccc1. The fourth-order valence-corrected chi connectivity index (χ4v) is 2.93. The van der Waals surface area contributed by atoms with Crippen LogP contribution in [0.25, 0.3) is 5.69 Å². The summed E-state index contributed by atoms with van der Waals surface area (Å²) in [6, 6.07) is 24.1. The summed E-state index contributed by atoms with van der Waals surface area (Å²) in [6.45, 7) is 0.318. The number of methoxy groups -OCH3 is 1. The summed E-state index contributed by atoms with van der Waals surface area (Å²) in [4.78, 5) is 12.6. The first-order valence-electron chi connectivity index (χ1n) is 9.59. The Labute approximate surface area is 179 Å². The van der Waals surface area contributed by atoms with Crippen molar-refractivity contribution in [3.05, 3.63) is 95.8 Å². The lowest BCUT2D eigenvalue weighted by atomic mass is 10.2. The highest BCUT2D eigenvalue weighted by molar-refractivity contribution is 5.90. The second-order valence-corrected chi connectivity index (χ2v) is 6.56. The number of benzene rings is 3. The molecule has 3 aromatic carbocycles. The lowest BCUT2D eigenvalue weighted by Gasteiger charge is -2.12. The van der Waals surface area contributed by atoms with Crippen LogP contribution >= 0.6 is 0 Å². The molecule has 0 aliphatic carbocycles. The topological polar surface area (TPSA) is 88.4 Å². The Kier molecular flexibility index (Phi) is 6.18. The molecular weight excluding hydrogens is 396 g/mol. The highest BCUT2D eigenvalue weighted by Gasteiger charge is 2.15. The van der Waals surface area contributed by atoms with Crippen molar-refractivity contribution in [3.63, 3.8) is 0 Å². The first-order chi connectivity index (χ1) is 15.2. The molecular formula is C23H20N4O4. The van der Waals surface area contributed by atoms with Gasteiger partial charge in [-0.25, -0.2) is 4.79 Å². The molecule has 8 nitrogen and oxygen atoms in total. The molecule has 1 heterocycles. The van der Waals surface area contributed by atoms with Gasteiger partial charge in [0.1, 0.15) is 6.61 Å². The summed E-state index contributed by atoms with van der Waals surface area (Å²) in [6.07, 6.45) is 0. The molecule has 0 unspecified atom stereocenters. The fraction of sp³-hybridized carbons (Fsp3) is 0.130. The smallest absolute Gasteiger partial charge is 0.338 e. The maximum Gasteiger partial charge on any atom is 0.338 e. The van der Waals surface area contributed by atoms with Crippen LogP contribution < -0.4 is 9.47 Å². The second kappa shape index (κ2) is 9.53. The van der Waals surface area contributed by atoms with E-state index in [-0.39, 0.29) is 6.61 Å². The van der Waals surface area contributed by atoms with E-state index in [1.165, 1.54) is 11.8 Å². The molecule has 8 heteroatoms. The third-order valence-corrected chi connectivity index (χ3v) is 4.50. The third-order valence-electron chi connectivity index (χ3n) is 4.50. The van der Waals surface area contributed by atoms with Crippen molar-refractivity contribution in [2.24, 2.45) is 0 Å². The van der Waals surface area contributed by atoms with E-state index in [9.17, 15) is 4.79 Å². The number of nitrogens with zero attached hydrogens (tertiary/aromatic N) is 4. The van der Waals surface area contributed by atoms with Gasteiger partial charge in [0.25, 0.3) is 0 Å². The number of tetrazole rings is 1. The van der Waals surface area contributed by atoms with E-state index in [1.54, 1.807) is 18.2 Å². The minimum Gasteiger partial charge on any atom is -0.493 e. The number of para-hydroxylation sites is 1. The van der Waals surface area contributed by atoms with Crippen molar-refractivity contribution < 1.29 is 19.0 Å². The van der Waals surface area contributed by atoms with E-state index in [0.29, 0.717) is 29.5 Å². The molecule has 0 amide bonds. The lowest BCUT2D eigenvalue weighted by Crippen LogP contribution is -2.10. The van der Waals surface area contributed by atoms with Crippen LogP contribution in [-0.4, -0.2) is 33.3 Å². The molecule has 0 aliphatic rings. The van der Waals surface area contributed by atoms with Crippen molar-refractivity contribution in [3.8, 4) is 17.2 Å². The molecule has 31 heavy (non-hydrogen) atoms. The van der Waals surface area contributed by atoms with E-state index in [4.69, 9.17) is 14.2 Å². The first kappa shape index (κ1) is 20.1. The lowest BCUT2D eigenvalue weighted by molar-refractivity contribution is 0.0459. The molecule has 0 N–H and O–H groups in total. The predicted octanol–water partition coefficient (Wildman–Crippen LogP) is 3.61. The molecule has 0 saturated heterocycles. The van der Waals surface area contributed by atoms with E-state index in [0.717, 1.165) is 11.3 Å². The van der Waals surface area contributed by atoms with Crippen molar-refractivity contribution >= 4 is 5.97 Å². The number of esters is 1. The molecule has 156 valence electrons. The highest BCUT2D eigenvalue weighted by atomic mass is 16.5. The Hall–Kier alpha value is -4.20. The first-order valence-corrected chi connectivity index (χ1v) is 9.59. The van der Waals surface area contributed by atoms with Crippen molar-refractivity contribution in [2.45, 2.75) is 13.2 Å². The molecule has 1 aromatic heterocycles. The standard InChI is InChI=1S/C23H20N4O4/c1-29-21-14-18(12-13-20(21)30-15-17-8-4-2-5-9-17)23(28)31-16-22-24-25-26-27(22)19-10-6-3-7-11-19/h2-14H,15-16H2,1H3. The van der Waals surface area contributed by atoms with E-state index in [1.807, 2.05) is 60.7 Å². The minimum atomic E-state index is -0.518. The van der Waals surface area contributed by atoms with Gasteiger partial charge >= 0.3 is 5.97 Å². The minimum absolute atomic E-state index is 0.0741. The van der Waals surface area contributed by atoms with Crippen molar-refractivity contribution in [1.82, 2.24) is 20.2 Å². The molecule has 0 spiro atoms. The summed E-state index contributed by atoms with van der Waals surface area (Å²) in [7, 11) is 1.52. The number of carbonyl (C=O) groups is 1. The zero-order valence-corrected chi connectivity index (χ0v) is 16.8. The van der Waals surface area contributed by atoms with Crippen molar-refractivity contribution in [1.29, 1.82) is 0 Å². The van der Waals surface area contributed by atoms with Crippen LogP contribution in [0.15, 0.2) is 78.9 Å². The maximum atomic E-state index is 12.6. The molecule has 0 fully saturated rings. The van der Waals surface area contributed by atoms with E-state index < -0.39 is 5.97 Å². The van der Waals surface area contributed by atoms with Gasteiger partial charge in [-0.15, -0.1) is 5.10 Å². The monoisotopic (exact) mass is 416 g/mol. The Balaban J connectivity index is 1.42. The third kappa shape index (κ3) is 4.87. The number of hydrogen-bond donors (Lipinski definition) is 0. The Bertz CT molecular complexity index is 1150. The number of ether oxygens (including phenoxy) is 3. The maximum absolute atomic E-state index is 12.6. The summed E-state index contributed by atoms with van der Waals surface area (Å²) in [5.41, 5.74) is 2.15. The van der Waals surface area contributed by atoms with E-state index >= 15 is 0 Å². The quantitative estimate of drug-likeness (QED) is 0.406. The average molecular weight is 416 g/mol. The van der Waals surface area contributed by atoms with Crippen LogP contribution in [0.1, 0.15) is 21.7 Å². The van der Waals surface area contributed by atoms with Crippen LogP contribution in [0.3, 0.4) is 0 Å². The van der Waals surface area contributed by atoms with Crippen molar-refractivity contribution in [2.75, 3.05) is 7.11 Å². The predicted molar refractivity (Wildman–Crippen MR) is 112 cm³/mol. The summed E-state index contributed by atoms with van der Waals surface area (Å²) >= 11 is 0. The Morgan fingerprint density at radius 1 is 0.903 bits per heavy atom. The number of aromatic nitrogens is 4. The van der Waals surface area contributed by atoms with Crippen LogP contribution in [-0.2, 0) is 18.0 Å². The largest absolute Gasteiger partial charge is 0.493 e. The molecule has 0 saturated carbocycles. The second-order valence-electron chi connectivity index (χ2n) is 6.56. The van der Waals surface area contributed by atoms with Gasteiger partial charge in [-0.05, 0) is 46.3 Å².